The van der Waals surface area contributed by atoms with Crippen LogP contribution in [0.3, 0.4) is 0 Å². The topological polar surface area (TPSA) is 50.4 Å². The summed E-state index contributed by atoms with van der Waals surface area (Å²) in [5, 5.41) is 6.18. The zero-order chi connectivity index (χ0) is 26.3. The van der Waals surface area contributed by atoms with Gasteiger partial charge in [0.15, 0.2) is 8.32 Å². The molecular weight excluding hydrogens is 481 g/mol. The molecule has 36 heavy (non-hydrogen) atoms. The predicted molar refractivity (Wildman–Crippen MR) is 142 cm³/mol. The second-order valence-electron chi connectivity index (χ2n) is 11.3. The Morgan fingerprint density at radius 1 is 1.14 bits per heavy atom. The van der Waals surface area contributed by atoms with Crippen molar-refractivity contribution in [2.75, 3.05) is 17.2 Å². The number of carbonyl (C=O) groups excluding carboxylic acids is 1. The maximum atomic E-state index is 13.1. The van der Waals surface area contributed by atoms with Crippen LogP contribution in [0.2, 0.25) is 18.1 Å². The molecule has 4 rings (SSSR count). The lowest BCUT2D eigenvalue weighted by Gasteiger charge is -2.40. The number of anilines is 2. The number of aryl methyl sites for hydroxylation is 1. The van der Waals surface area contributed by atoms with Gasteiger partial charge in [-0.05, 0) is 78.7 Å². The summed E-state index contributed by atoms with van der Waals surface area (Å²) in [7, 11) is -1.92. The van der Waals surface area contributed by atoms with Gasteiger partial charge in [-0.2, -0.15) is 13.2 Å². The first-order valence-electron chi connectivity index (χ1n) is 12.5. The minimum atomic E-state index is -4.41. The van der Waals surface area contributed by atoms with Gasteiger partial charge >= 0.3 is 6.18 Å². The summed E-state index contributed by atoms with van der Waals surface area (Å²) < 4.78 is 46.0. The summed E-state index contributed by atoms with van der Waals surface area (Å²) >= 11 is 0. The molecule has 1 heterocycles. The van der Waals surface area contributed by atoms with Gasteiger partial charge in [-0.25, -0.2) is 0 Å². The highest BCUT2D eigenvalue weighted by Gasteiger charge is 2.40. The Bertz CT molecular complexity index is 1180. The molecule has 2 N–H and O–H groups in total. The van der Waals surface area contributed by atoms with E-state index in [1.807, 2.05) is 12.1 Å². The lowest BCUT2D eigenvalue weighted by molar-refractivity contribution is -0.137. The molecule has 0 spiro atoms. The van der Waals surface area contributed by atoms with Crippen molar-refractivity contribution in [3.63, 3.8) is 0 Å². The van der Waals surface area contributed by atoms with Gasteiger partial charge in [-0.15, -0.1) is 0 Å². The molecule has 2 aromatic rings. The number of alkyl halides is 3. The molecule has 0 radical (unpaired) electrons. The zero-order valence-corrected chi connectivity index (χ0v) is 22.6. The largest absolute Gasteiger partial charge is 0.416 e. The third-order valence-corrected chi connectivity index (χ3v) is 12.2. The predicted octanol–water partition coefficient (Wildman–Crippen LogP) is 7.42. The van der Waals surface area contributed by atoms with Crippen molar-refractivity contribution >= 4 is 31.2 Å². The number of hydrogen-bond donors (Lipinski definition) is 2. The van der Waals surface area contributed by atoms with E-state index in [9.17, 15) is 18.0 Å². The van der Waals surface area contributed by atoms with Gasteiger partial charge in [-0.3, -0.25) is 4.79 Å². The highest BCUT2D eigenvalue weighted by molar-refractivity contribution is 6.74. The number of nitrogens with one attached hydrogen (secondary N) is 2. The lowest BCUT2D eigenvalue weighted by Crippen LogP contribution is -2.45. The molecule has 1 aliphatic heterocycles. The second-order valence-corrected chi connectivity index (χ2v) is 16.0. The van der Waals surface area contributed by atoms with E-state index < -0.39 is 20.1 Å². The van der Waals surface area contributed by atoms with Crippen LogP contribution >= 0.6 is 0 Å². The molecule has 2 aromatic carbocycles. The van der Waals surface area contributed by atoms with Crippen LogP contribution in [0.1, 0.15) is 55.9 Å². The lowest BCUT2D eigenvalue weighted by atomic mass is 9.88. The van der Waals surface area contributed by atoms with Crippen LogP contribution in [-0.2, 0) is 28.2 Å². The normalized spacial score (nSPS) is 19.3. The van der Waals surface area contributed by atoms with E-state index in [1.54, 1.807) is 0 Å². The Kier molecular flexibility index (Phi) is 7.14. The molecule has 1 amide bonds. The minimum Gasteiger partial charge on any atom is -0.414 e. The van der Waals surface area contributed by atoms with E-state index >= 15 is 0 Å². The van der Waals surface area contributed by atoms with Crippen LogP contribution in [0.25, 0.3) is 5.57 Å². The fraction of sp³-hybridized carbons (Fsp3) is 0.464. The van der Waals surface area contributed by atoms with E-state index in [0.717, 1.165) is 48.2 Å². The summed E-state index contributed by atoms with van der Waals surface area (Å²) in [5.41, 5.74) is 4.16. The molecule has 194 valence electrons. The number of rotatable bonds is 4. The third-order valence-electron chi connectivity index (χ3n) is 7.67. The number of amides is 1. The summed E-state index contributed by atoms with van der Waals surface area (Å²) in [5.74, 6) is -0.279. The minimum absolute atomic E-state index is 0.119. The van der Waals surface area contributed by atoms with Crippen LogP contribution in [0.15, 0.2) is 42.5 Å². The maximum Gasteiger partial charge on any atom is 0.416 e. The summed E-state index contributed by atoms with van der Waals surface area (Å²) in [6.45, 7) is 11.7. The van der Waals surface area contributed by atoms with Gasteiger partial charge in [0.25, 0.3) is 0 Å². The summed E-state index contributed by atoms with van der Waals surface area (Å²) in [4.78, 5) is 13.0. The monoisotopic (exact) mass is 516 g/mol. The van der Waals surface area contributed by atoms with Gasteiger partial charge in [0.2, 0.25) is 5.91 Å². The smallest absolute Gasteiger partial charge is 0.414 e. The first-order chi connectivity index (χ1) is 16.7. The third kappa shape index (κ3) is 5.70. The van der Waals surface area contributed by atoms with Gasteiger partial charge in [-0.1, -0.05) is 39.0 Å². The highest BCUT2D eigenvalue weighted by Crippen LogP contribution is 2.40. The molecule has 0 aromatic heterocycles. The average Bonchev–Trinajstić information content (AvgIpc) is 2.78. The molecule has 0 saturated carbocycles. The standard InChI is InChI=1S/C28H35F3N2O2Si/c1-27(2,3)36(4,5)35-21-11-9-18-7-6-8-24(23(18)17-21)33-26(34)15-19-13-14-32-25-16-20(28(29,30)31)10-12-22(19)25/h6-8,10,12,15-16,21,32H,9,11,13-14,17H2,1-5H3,(H,33,34)/b19-15+. The zero-order valence-electron chi connectivity index (χ0n) is 21.6. The Labute approximate surface area is 212 Å². The summed E-state index contributed by atoms with van der Waals surface area (Å²) in [6, 6.07) is 9.58. The van der Waals surface area contributed by atoms with E-state index in [4.69, 9.17) is 4.43 Å². The van der Waals surface area contributed by atoms with Crippen LogP contribution in [-0.4, -0.2) is 26.9 Å². The van der Waals surface area contributed by atoms with Gasteiger partial charge in [0, 0.05) is 35.7 Å². The van der Waals surface area contributed by atoms with Gasteiger partial charge in [0.05, 0.1) is 5.56 Å². The Hall–Kier alpha value is -2.58. The van der Waals surface area contributed by atoms with Crippen molar-refractivity contribution < 1.29 is 22.4 Å². The highest BCUT2D eigenvalue weighted by atomic mass is 28.4. The quantitative estimate of drug-likeness (QED) is 0.328. The molecular formula is C28H35F3N2O2Si. The molecule has 1 atom stereocenters. The number of fused-ring (bicyclic) bond motifs is 2. The van der Waals surface area contributed by atoms with Crippen LogP contribution in [0, 0.1) is 0 Å². The number of carbonyl (C=O) groups is 1. The number of benzene rings is 2. The molecule has 4 nitrogen and oxygen atoms in total. The van der Waals surface area contributed by atoms with Crippen LogP contribution < -0.4 is 10.6 Å². The average molecular weight is 517 g/mol. The molecule has 0 fully saturated rings. The maximum absolute atomic E-state index is 13.1. The molecule has 1 aliphatic carbocycles. The van der Waals surface area contributed by atoms with E-state index in [-0.39, 0.29) is 17.0 Å². The van der Waals surface area contributed by atoms with Gasteiger partial charge in [0.1, 0.15) is 0 Å². The Balaban J connectivity index is 1.53. The van der Waals surface area contributed by atoms with Crippen molar-refractivity contribution in [2.45, 2.75) is 76.9 Å². The molecule has 0 saturated heterocycles. The van der Waals surface area contributed by atoms with Crippen molar-refractivity contribution in [3.8, 4) is 0 Å². The molecule has 8 heteroatoms. The van der Waals surface area contributed by atoms with Crippen molar-refractivity contribution in [3.05, 3.63) is 64.7 Å². The first kappa shape index (κ1) is 26.5. The van der Waals surface area contributed by atoms with Crippen molar-refractivity contribution in [1.29, 1.82) is 0 Å². The molecule has 0 bridgehead atoms. The SMILES string of the molecule is CC(C)(C)[Si](C)(C)OC1CCc2cccc(NC(=O)/C=C3\CCNc4cc(C(F)(F)F)ccc43)c2C1. The Morgan fingerprint density at radius 2 is 1.89 bits per heavy atom. The fourth-order valence-corrected chi connectivity index (χ4v) is 6.05. The fourth-order valence-electron chi connectivity index (χ4n) is 4.66. The van der Waals surface area contributed by atoms with Crippen molar-refractivity contribution in [2.24, 2.45) is 0 Å². The van der Waals surface area contributed by atoms with Crippen LogP contribution in [0.4, 0.5) is 24.5 Å². The summed E-state index contributed by atoms with van der Waals surface area (Å²) in [6.07, 6.45) is 0.397. The van der Waals surface area contributed by atoms with E-state index in [0.29, 0.717) is 24.2 Å². The van der Waals surface area contributed by atoms with Gasteiger partial charge < -0.3 is 15.1 Å². The Morgan fingerprint density at radius 3 is 2.58 bits per heavy atom. The molecule has 2 aliphatic rings. The molecule has 1 unspecified atom stereocenters. The first-order valence-corrected chi connectivity index (χ1v) is 15.4. The van der Waals surface area contributed by atoms with E-state index in [1.165, 1.54) is 17.7 Å². The number of hydrogen-bond acceptors (Lipinski definition) is 3. The number of halogens is 3. The van der Waals surface area contributed by atoms with Crippen molar-refractivity contribution in [1.82, 2.24) is 0 Å². The van der Waals surface area contributed by atoms with E-state index in [2.05, 4.69) is 50.6 Å². The second kappa shape index (κ2) is 9.71. The van der Waals surface area contributed by atoms with Crippen LogP contribution in [0.5, 0.6) is 0 Å².